The van der Waals surface area contributed by atoms with E-state index >= 15 is 0 Å². The third-order valence-corrected chi connectivity index (χ3v) is 3.89. The number of nitrogens with zero attached hydrogens (tertiary/aromatic N) is 1. The first-order chi connectivity index (χ1) is 9.24. The zero-order valence-electron chi connectivity index (χ0n) is 12.6. The first kappa shape index (κ1) is 16.6. The molecule has 0 unspecified atom stereocenters. The van der Waals surface area contributed by atoms with Gasteiger partial charge in [-0.05, 0) is 25.3 Å². The Kier molecular flexibility index (Phi) is 9.05. The van der Waals surface area contributed by atoms with Crippen molar-refractivity contribution in [2.45, 2.75) is 52.4 Å². The predicted octanol–water partition coefficient (Wildman–Crippen LogP) is 3.61. The molecule has 1 rings (SSSR count). The Hall–Kier alpha value is -0.450. The van der Waals surface area contributed by atoms with Crippen molar-refractivity contribution in [2.24, 2.45) is 0 Å². The van der Waals surface area contributed by atoms with Crippen LogP contribution in [-0.4, -0.2) is 31.3 Å². The first-order valence-corrected chi connectivity index (χ1v) is 8.34. The monoisotopic (exact) mass is 284 g/mol. The van der Waals surface area contributed by atoms with Gasteiger partial charge in [-0.15, -0.1) is 11.3 Å². The van der Waals surface area contributed by atoms with E-state index in [1.807, 2.05) is 0 Å². The Labute approximate surface area is 121 Å². The summed E-state index contributed by atoms with van der Waals surface area (Å²) in [5.74, 6) is 0.540. The molecule has 0 spiro atoms. The highest BCUT2D eigenvalue weighted by Gasteiger charge is 2.04. The molecule has 0 aliphatic carbocycles. The molecule has 3 nitrogen and oxygen atoms in total. The normalized spacial score (nSPS) is 11.4. The average Bonchev–Trinajstić information content (AvgIpc) is 2.86. The quantitative estimate of drug-likeness (QED) is 0.630. The number of hydrogen-bond donors (Lipinski definition) is 1. The molecular formula is C15H28N2OS. The van der Waals surface area contributed by atoms with E-state index in [2.05, 4.69) is 36.5 Å². The van der Waals surface area contributed by atoms with E-state index in [9.17, 15) is 0 Å². The predicted molar refractivity (Wildman–Crippen MR) is 83.1 cm³/mol. The fraction of sp³-hybridized carbons (Fsp3) is 0.800. The largest absolute Gasteiger partial charge is 0.381 e. The summed E-state index contributed by atoms with van der Waals surface area (Å²) in [6.45, 7) is 10.4. The molecule has 0 fully saturated rings. The average molecular weight is 284 g/mol. The Morgan fingerprint density at radius 1 is 1.26 bits per heavy atom. The van der Waals surface area contributed by atoms with E-state index in [1.165, 1.54) is 23.5 Å². The van der Waals surface area contributed by atoms with E-state index in [4.69, 9.17) is 4.74 Å². The second kappa shape index (κ2) is 10.4. The van der Waals surface area contributed by atoms with Gasteiger partial charge in [-0.1, -0.05) is 27.2 Å². The van der Waals surface area contributed by atoms with Gasteiger partial charge in [-0.25, -0.2) is 4.98 Å². The van der Waals surface area contributed by atoms with Crippen LogP contribution < -0.4 is 5.32 Å². The highest BCUT2D eigenvalue weighted by atomic mass is 32.1. The molecule has 0 aliphatic rings. The lowest BCUT2D eigenvalue weighted by molar-refractivity contribution is 0.129. The van der Waals surface area contributed by atoms with Crippen LogP contribution in [0.15, 0.2) is 5.38 Å². The summed E-state index contributed by atoms with van der Waals surface area (Å²) >= 11 is 1.78. The van der Waals surface area contributed by atoms with Crippen molar-refractivity contribution in [3.8, 4) is 0 Å². The van der Waals surface area contributed by atoms with Crippen molar-refractivity contribution in [3.05, 3.63) is 16.1 Å². The number of ether oxygens (including phenoxy) is 1. The van der Waals surface area contributed by atoms with Gasteiger partial charge in [0.05, 0.1) is 10.7 Å². The standard InChI is InChI=1S/C15H28N2OS/c1-4-5-10-18-11-6-8-16-9-7-15-17-14(12-19-15)13(2)3/h12-13,16H,4-11H2,1-3H3. The Balaban J connectivity index is 1.95. The summed E-state index contributed by atoms with van der Waals surface area (Å²) in [5.41, 5.74) is 1.23. The molecule has 1 aromatic heterocycles. The van der Waals surface area contributed by atoms with E-state index in [0.29, 0.717) is 5.92 Å². The van der Waals surface area contributed by atoms with Gasteiger partial charge in [0.1, 0.15) is 0 Å². The highest BCUT2D eigenvalue weighted by molar-refractivity contribution is 7.09. The maximum absolute atomic E-state index is 5.52. The lowest BCUT2D eigenvalue weighted by Gasteiger charge is -2.04. The van der Waals surface area contributed by atoms with Gasteiger partial charge in [-0.2, -0.15) is 0 Å². The zero-order chi connectivity index (χ0) is 13.9. The van der Waals surface area contributed by atoms with Crippen molar-refractivity contribution in [2.75, 3.05) is 26.3 Å². The van der Waals surface area contributed by atoms with Crippen LogP contribution >= 0.6 is 11.3 Å². The molecule has 0 bridgehead atoms. The maximum Gasteiger partial charge on any atom is 0.0941 e. The molecule has 19 heavy (non-hydrogen) atoms. The van der Waals surface area contributed by atoms with Gasteiger partial charge >= 0.3 is 0 Å². The fourth-order valence-electron chi connectivity index (χ4n) is 1.67. The first-order valence-electron chi connectivity index (χ1n) is 7.46. The Morgan fingerprint density at radius 3 is 2.74 bits per heavy atom. The van der Waals surface area contributed by atoms with Crippen LogP contribution in [0.25, 0.3) is 0 Å². The maximum atomic E-state index is 5.52. The summed E-state index contributed by atoms with van der Waals surface area (Å²) in [4.78, 5) is 4.63. The lowest BCUT2D eigenvalue weighted by atomic mass is 10.2. The zero-order valence-corrected chi connectivity index (χ0v) is 13.4. The molecule has 0 saturated heterocycles. The molecule has 0 aromatic carbocycles. The number of aromatic nitrogens is 1. The van der Waals surface area contributed by atoms with Crippen LogP contribution in [0.4, 0.5) is 0 Å². The van der Waals surface area contributed by atoms with Crippen LogP contribution in [0.2, 0.25) is 0 Å². The van der Waals surface area contributed by atoms with Crippen molar-refractivity contribution in [1.82, 2.24) is 10.3 Å². The number of rotatable bonds is 11. The minimum Gasteiger partial charge on any atom is -0.381 e. The van der Waals surface area contributed by atoms with Gasteiger partial charge in [0.15, 0.2) is 0 Å². The van der Waals surface area contributed by atoms with Crippen molar-refractivity contribution < 1.29 is 4.74 Å². The van der Waals surface area contributed by atoms with Gasteiger partial charge in [0.2, 0.25) is 0 Å². The fourth-order valence-corrected chi connectivity index (χ4v) is 2.63. The molecule has 0 aliphatic heterocycles. The lowest BCUT2D eigenvalue weighted by Crippen LogP contribution is -2.19. The summed E-state index contributed by atoms with van der Waals surface area (Å²) in [7, 11) is 0. The van der Waals surface area contributed by atoms with Crippen LogP contribution in [0.3, 0.4) is 0 Å². The van der Waals surface area contributed by atoms with Crippen LogP contribution in [0, 0.1) is 0 Å². The molecule has 4 heteroatoms. The minimum atomic E-state index is 0.540. The molecule has 0 radical (unpaired) electrons. The second-order valence-electron chi connectivity index (χ2n) is 5.14. The number of unbranched alkanes of at least 4 members (excludes halogenated alkanes) is 1. The number of thiazole rings is 1. The molecule has 0 atom stereocenters. The molecule has 0 saturated carbocycles. The second-order valence-corrected chi connectivity index (χ2v) is 6.08. The van der Waals surface area contributed by atoms with E-state index in [-0.39, 0.29) is 0 Å². The molecular weight excluding hydrogens is 256 g/mol. The summed E-state index contributed by atoms with van der Waals surface area (Å²) in [6, 6.07) is 0. The summed E-state index contributed by atoms with van der Waals surface area (Å²) < 4.78 is 5.52. The summed E-state index contributed by atoms with van der Waals surface area (Å²) in [6.07, 6.45) is 4.52. The minimum absolute atomic E-state index is 0.540. The smallest absolute Gasteiger partial charge is 0.0941 e. The Morgan fingerprint density at radius 2 is 2.05 bits per heavy atom. The SMILES string of the molecule is CCCCOCCCNCCc1nc(C(C)C)cs1. The topological polar surface area (TPSA) is 34.1 Å². The molecule has 1 heterocycles. The highest BCUT2D eigenvalue weighted by Crippen LogP contribution is 2.17. The van der Waals surface area contributed by atoms with Gasteiger partial charge in [0.25, 0.3) is 0 Å². The van der Waals surface area contributed by atoms with E-state index in [0.717, 1.165) is 39.1 Å². The third-order valence-electron chi connectivity index (χ3n) is 2.96. The van der Waals surface area contributed by atoms with E-state index in [1.54, 1.807) is 11.3 Å². The summed E-state index contributed by atoms with van der Waals surface area (Å²) in [5, 5.41) is 6.88. The number of hydrogen-bond acceptors (Lipinski definition) is 4. The van der Waals surface area contributed by atoms with Gasteiger partial charge < -0.3 is 10.1 Å². The van der Waals surface area contributed by atoms with E-state index < -0.39 is 0 Å². The Bertz CT molecular complexity index is 326. The van der Waals surface area contributed by atoms with Crippen LogP contribution in [-0.2, 0) is 11.2 Å². The third kappa shape index (κ3) is 7.65. The van der Waals surface area contributed by atoms with Crippen LogP contribution in [0.1, 0.15) is 56.7 Å². The van der Waals surface area contributed by atoms with Crippen molar-refractivity contribution >= 4 is 11.3 Å². The molecule has 110 valence electrons. The molecule has 1 aromatic rings. The van der Waals surface area contributed by atoms with Crippen molar-refractivity contribution in [1.29, 1.82) is 0 Å². The molecule has 0 amide bonds. The van der Waals surface area contributed by atoms with Gasteiger partial charge in [0, 0.05) is 31.6 Å². The van der Waals surface area contributed by atoms with Gasteiger partial charge in [-0.3, -0.25) is 0 Å². The molecule has 1 N–H and O–H groups in total. The van der Waals surface area contributed by atoms with Crippen molar-refractivity contribution in [3.63, 3.8) is 0 Å². The number of nitrogens with one attached hydrogen (secondary N) is 1. The van der Waals surface area contributed by atoms with Crippen LogP contribution in [0.5, 0.6) is 0 Å².